The fourth-order valence-electron chi connectivity index (χ4n) is 2.55. The van der Waals surface area contributed by atoms with Crippen molar-refractivity contribution in [3.05, 3.63) is 29.8 Å². The highest BCUT2D eigenvalue weighted by molar-refractivity contribution is 7.89. The summed E-state index contributed by atoms with van der Waals surface area (Å²) < 4.78 is 31.3. The molecule has 150 valence electrons. The van der Waals surface area contributed by atoms with E-state index in [1.807, 2.05) is 27.7 Å². The number of rotatable bonds is 9. The van der Waals surface area contributed by atoms with Crippen molar-refractivity contribution in [3.63, 3.8) is 0 Å². The van der Waals surface area contributed by atoms with E-state index in [-0.39, 0.29) is 28.7 Å². The van der Waals surface area contributed by atoms with Gasteiger partial charge in [0.25, 0.3) is 5.91 Å². The third-order valence-electron chi connectivity index (χ3n) is 3.73. The SMILES string of the molecule is CC(=O)c1ccc(S(=O)(=O)NCC(=O)OCC(=O)N(C(C)C)C(C)C)cc1. The maximum atomic E-state index is 12.2. The van der Waals surface area contributed by atoms with Crippen molar-refractivity contribution >= 4 is 27.7 Å². The van der Waals surface area contributed by atoms with Gasteiger partial charge in [-0.1, -0.05) is 12.1 Å². The highest BCUT2D eigenvalue weighted by Gasteiger charge is 2.22. The average molecular weight is 398 g/mol. The number of amides is 1. The lowest BCUT2D eigenvalue weighted by Crippen LogP contribution is -2.44. The molecule has 0 saturated carbocycles. The number of sulfonamides is 1. The van der Waals surface area contributed by atoms with Crippen molar-refractivity contribution in [2.24, 2.45) is 0 Å². The highest BCUT2D eigenvalue weighted by atomic mass is 32.2. The number of benzene rings is 1. The molecule has 9 heteroatoms. The molecule has 0 saturated heterocycles. The topological polar surface area (TPSA) is 110 Å². The zero-order valence-corrected chi connectivity index (χ0v) is 17.0. The fraction of sp³-hybridized carbons (Fsp3) is 0.500. The number of ether oxygens (including phenoxy) is 1. The van der Waals surface area contributed by atoms with Crippen LogP contribution >= 0.6 is 0 Å². The first kappa shape index (κ1) is 22.8. The average Bonchev–Trinajstić information content (AvgIpc) is 2.57. The molecule has 0 aromatic heterocycles. The first-order valence-electron chi connectivity index (χ1n) is 8.53. The van der Waals surface area contributed by atoms with E-state index in [0.29, 0.717) is 5.56 Å². The van der Waals surface area contributed by atoms with Crippen LogP contribution in [0.25, 0.3) is 0 Å². The Balaban J connectivity index is 2.60. The van der Waals surface area contributed by atoms with Crippen LogP contribution in [-0.2, 0) is 24.3 Å². The van der Waals surface area contributed by atoms with Gasteiger partial charge in [0.2, 0.25) is 10.0 Å². The molecule has 27 heavy (non-hydrogen) atoms. The van der Waals surface area contributed by atoms with E-state index in [2.05, 4.69) is 4.72 Å². The van der Waals surface area contributed by atoms with Gasteiger partial charge in [0.05, 0.1) is 4.90 Å². The van der Waals surface area contributed by atoms with E-state index in [9.17, 15) is 22.8 Å². The second-order valence-electron chi connectivity index (χ2n) is 6.55. The maximum Gasteiger partial charge on any atom is 0.321 e. The second kappa shape index (κ2) is 9.61. The Labute approximate surface area is 159 Å². The van der Waals surface area contributed by atoms with Gasteiger partial charge in [-0.25, -0.2) is 8.42 Å². The third-order valence-corrected chi connectivity index (χ3v) is 5.15. The minimum Gasteiger partial charge on any atom is -0.455 e. The second-order valence-corrected chi connectivity index (χ2v) is 8.32. The number of hydrogen-bond acceptors (Lipinski definition) is 6. The minimum absolute atomic E-state index is 0.0484. The summed E-state index contributed by atoms with van der Waals surface area (Å²) in [6, 6.07) is 5.23. The molecule has 8 nitrogen and oxygen atoms in total. The summed E-state index contributed by atoms with van der Waals surface area (Å²) in [5.74, 6) is -1.40. The summed E-state index contributed by atoms with van der Waals surface area (Å²) in [7, 11) is -3.94. The van der Waals surface area contributed by atoms with E-state index < -0.39 is 29.1 Å². The summed E-state index contributed by atoms with van der Waals surface area (Å²) in [6.07, 6.45) is 0. The van der Waals surface area contributed by atoms with Crippen molar-refractivity contribution in [2.45, 2.75) is 51.6 Å². The Morgan fingerprint density at radius 1 is 1.04 bits per heavy atom. The summed E-state index contributed by atoms with van der Waals surface area (Å²) in [5, 5.41) is 0. The van der Waals surface area contributed by atoms with Crippen molar-refractivity contribution in [2.75, 3.05) is 13.2 Å². The Kier molecular flexibility index (Phi) is 8.11. The molecule has 1 N–H and O–H groups in total. The van der Waals surface area contributed by atoms with Crippen LogP contribution in [0.15, 0.2) is 29.2 Å². The number of Topliss-reactive ketones (excluding diaryl/α,β-unsaturated/α-hetero) is 1. The molecule has 0 radical (unpaired) electrons. The summed E-state index contributed by atoms with van der Waals surface area (Å²) >= 11 is 0. The predicted molar refractivity (Wildman–Crippen MR) is 99.7 cm³/mol. The van der Waals surface area contributed by atoms with Crippen LogP contribution in [0.2, 0.25) is 0 Å². The number of esters is 1. The van der Waals surface area contributed by atoms with Crippen LogP contribution in [0.5, 0.6) is 0 Å². The van der Waals surface area contributed by atoms with Gasteiger partial charge < -0.3 is 9.64 Å². The lowest BCUT2D eigenvalue weighted by atomic mass is 10.2. The van der Waals surface area contributed by atoms with Crippen LogP contribution in [0, 0.1) is 0 Å². The number of carbonyl (C=O) groups excluding carboxylic acids is 3. The Hall–Kier alpha value is -2.26. The van der Waals surface area contributed by atoms with Gasteiger partial charge in [-0.2, -0.15) is 4.72 Å². The van der Waals surface area contributed by atoms with Crippen LogP contribution < -0.4 is 4.72 Å². The van der Waals surface area contributed by atoms with E-state index >= 15 is 0 Å². The van der Waals surface area contributed by atoms with Crippen LogP contribution in [0.4, 0.5) is 0 Å². The monoisotopic (exact) mass is 398 g/mol. The Morgan fingerprint density at radius 3 is 2.00 bits per heavy atom. The van der Waals surface area contributed by atoms with E-state index in [4.69, 9.17) is 4.74 Å². The lowest BCUT2D eigenvalue weighted by Gasteiger charge is -2.30. The van der Waals surface area contributed by atoms with Crippen LogP contribution in [0.3, 0.4) is 0 Å². The zero-order valence-electron chi connectivity index (χ0n) is 16.2. The van der Waals surface area contributed by atoms with Crippen molar-refractivity contribution in [1.82, 2.24) is 9.62 Å². The smallest absolute Gasteiger partial charge is 0.321 e. The van der Waals surface area contributed by atoms with Gasteiger partial charge in [0.1, 0.15) is 6.54 Å². The molecule has 0 fully saturated rings. The van der Waals surface area contributed by atoms with Gasteiger partial charge in [-0.05, 0) is 46.8 Å². The number of ketones is 1. The quantitative estimate of drug-likeness (QED) is 0.497. The third kappa shape index (κ3) is 6.76. The van der Waals surface area contributed by atoms with Gasteiger partial charge >= 0.3 is 5.97 Å². The molecule has 1 aromatic rings. The Bertz CT molecular complexity index is 777. The molecule has 0 aliphatic rings. The normalized spacial score (nSPS) is 11.5. The first-order chi connectivity index (χ1) is 12.5. The summed E-state index contributed by atoms with van der Waals surface area (Å²) in [4.78, 5) is 36.6. The van der Waals surface area contributed by atoms with Crippen molar-refractivity contribution in [3.8, 4) is 0 Å². The fourth-order valence-corrected chi connectivity index (χ4v) is 3.52. The van der Waals surface area contributed by atoms with Gasteiger partial charge in [-0.3, -0.25) is 14.4 Å². The Morgan fingerprint density at radius 2 is 1.56 bits per heavy atom. The number of carbonyl (C=O) groups is 3. The number of nitrogens with one attached hydrogen (secondary N) is 1. The molecule has 1 rings (SSSR count). The molecular formula is C18H26N2O6S. The predicted octanol–water partition coefficient (Wildman–Crippen LogP) is 1.36. The maximum absolute atomic E-state index is 12.2. The van der Waals surface area contributed by atoms with Gasteiger partial charge in [-0.15, -0.1) is 0 Å². The first-order valence-corrected chi connectivity index (χ1v) is 10.0. The van der Waals surface area contributed by atoms with Gasteiger partial charge in [0.15, 0.2) is 12.4 Å². The summed E-state index contributed by atoms with van der Waals surface area (Å²) in [5.41, 5.74) is 0.381. The lowest BCUT2D eigenvalue weighted by molar-refractivity contribution is -0.152. The molecule has 1 amide bonds. The number of nitrogens with zero attached hydrogens (tertiary/aromatic N) is 1. The van der Waals surface area contributed by atoms with E-state index in [0.717, 1.165) is 0 Å². The van der Waals surface area contributed by atoms with Crippen molar-refractivity contribution < 1.29 is 27.5 Å². The summed E-state index contributed by atoms with van der Waals surface area (Å²) in [6.45, 7) is 7.73. The van der Waals surface area contributed by atoms with Crippen LogP contribution in [0.1, 0.15) is 45.0 Å². The molecule has 0 aliphatic carbocycles. The molecule has 0 spiro atoms. The highest BCUT2D eigenvalue weighted by Crippen LogP contribution is 2.11. The molecule has 0 atom stereocenters. The number of hydrogen-bond donors (Lipinski definition) is 1. The van der Waals surface area contributed by atoms with E-state index in [1.165, 1.54) is 31.2 Å². The van der Waals surface area contributed by atoms with Crippen molar-refractivity contribution in [1.29, 1.82) is 0 Å². The van der Waals surface area contributed by atoms with Gasteiger partial charge in [0, 0.05) is 17.6 Å². The molecule has 1 aromatic carbocycles. The molecule has 0 heterocycles. The molecule has 0 aliphatic heterocycles. The largest absolute Gasteiger partial charge is 0.455 e. The standard InChI is InChI=1S/C18H26N2O6S/c1-12(2)20(13(3)4)17(22)11-26-18(23)10-19-27(24,25)16-8-6-15(7-9-16)14(5)21/h6-9,12-13,19H,10-11H2,1-5H3. The zero-order chi connectivity index (χ0) is 20.8. The minimum atomic E-state index is -3.94. The molecular weight excluding hydrogens is 372 g/mol. The van der Waals surface area contributed by atoms with E-state index in [1.54, 1.807) is 4.90 Å². The van der Waals surface area contributed by atoms with Crippen LogP contribution in [-0.4, -0.2) is 56.2 Å². The molecule has 0 unspecified atom stereocenters. The molecule has 0 bridgehead atoms.